The Labute approximate surface area is 156 Å². The standard InChI is InChI=1S/C21H17N5O/c22-25-23-14-21(27)26-20(16-8-2-1-3-9-16)13-19(24-26)18-12-6-10-15-7-4-5-11-17(15)18/h1-12,20H,13-14H2/t20-/m0/s1. The van der Waals surface area contributed by atoms with Crippen LogP contribution in [0.1, 0.15) is 23.6 Å². The number of hydrogen-bond donors (Lipinski definition) is 0. The molecule has 1 aliphatic heterocycles. The second kappa shape index (κ2) is 7.32. The van der Waals surface area contributed by atoms with Crippen molar-refractivity contribution in [2.45, 2.75) is 12.5 Å². The zero-order valence-electron chi connectivity index (χ0n) is 14.6. The number of amides is 1. The number of hydrogen-bond acceptors (Lipinski definition) is 3. The highest BCUT2D eigenvalue weighted by Crippen LogP contribution is 2.34. The van der Waals surface area contributed by atoms with Crippen LogP contribution in [0.25, 0.3) is 21.2 Å². The van der Waals surface area contributed by atoms with Gasteiger partial charge in [0.2, 0.25) is 5.91 Å². The van der Waals surface area contributed by atoms with Gasteiger partial charge in [0.05, 0.1) is 11.8 Å². The van der Waals surface area contributed by atoms with Crippen LogP contribution in [0.5, 0.6) is 0 Å². The molecule has 0 N–H and O–H groups in total. The Morgan fingerprint density at radius 1 is 1.07 bits per heavy atom. The number of azide groups is 1. The van der Waals surface area contributed by atoms with Gasteiger partial charge >= 0.3 is 0 Å². The van der Waals surface area contributed by atoms with E-state index in [0.717, 1.165) is 27.6 Å². The monoisotopic (exact) mass is 355 g/mol. The van der Waals surface area contributed by atoms with E-state index < -0.39 is 0 Å². The number of carbonyl (C=O) groups excluding carboxylic acids is 1. The molecular formula is C21H17N5O. The molecule has 132 valence electrons. The Hall–Kier alpha value is -3.63. The fraction of sp³-hybridized carbons (Fsp3) is 0.143. The van der Waals surface area contributed by atoms with Crippen molar-refractivity contribution in [2.75, 3.05) is 6.54 Å². The predicted octanol–water partition coefficient (Wildman–Crippen LogP) is 4.83. The van der Waals surface area contributed by atoms with Crippen molar-refractivity contribution < 1.29 is 4.79 Å². The third kappa shape index (κ3) is 3.26. The van der Waals surface area contributed by atoms with Crippen molar-refractivity contribution in [1.82, 2.24) is 5.01 Å². The fourth-order valence-corrected chi connectivity index (χ4v) is 3.48. The highest BCUT2D eigenvalue weighted by atomic mass is 16.2. The van der Waals surface area contributed by atoms with Gasteiger partial charge in [0, 0.05) is 16.9 Å². The van der Waals surface area contributed by atoms with Crippen LogP contribution in [0.2, 0.25) is 0 Å². The highest BCUT2D eigenvalue weighted by Gasteiger charge is 2.33. The van der Waals surface area contributed by atoms with E-state index in [-0.39, 0.29) is 18.5 Å². The molecule has 1 heterocycles. The first-order valence-electron chi connectivity index (χ1n) is 8.71. The molecule has 0 bridgehead atoms. The molecule has 0 aromatic heterocycles. The lowest BCUT2D eigenvalue weighted by Crippen LogP contribution is -2.28. The minimum Gasteiger partial charge on any atom is -0.273 e. The molecule has 0 saturated heterocycles. The lowest BCUT2D eigenvalue weighted by atomic mass is 9.95. The summed E-state index contributed by atoms with van der Waals surface area (Å²) in [6.45, 7) is -0.244. The third-order valence-corrected chi connectivity index (χ3v) is 4.72. The van der Waals surface area contributed by atoms with Gasteiger partial charge in [-0.25, -0.2) is 5.01 Å². The van der Waals surface area contributed by atoms with E-state index in [4.69, 9.17) is 5.53 Å². The van der Waals surface area contributed by atoms with Crippen LogP contribution in [-0.4, -0.2) is 23.2 Å². The zero-order chi connectivity index (χ0) is 18.6. The van der Waals surface area contributed by atoms with E-state index in [1.165, 1.54) is 5.01 Å². The molecule has 6 heteroatoms. The Kier molecular flexibility index (Phi) is 4.56. The second-order valence-electron chi connectivity index (χ2n) is 6.33. The fourth-order valence-electron chi connectivity index (χ4n) is 3.48. The summed E-state index contributed by atoms with van der Waals surface area (Å²) < 4.78 is 0. The molecule has 1 amide bonds. The van der Waals surface area contributed by atoms with Gasteiger partial charge in [-0.15, -0.1) is 0 Å². The average Bonchev–Trinajstić information content (AvgIpc) is 3.17. The van der Waals surface area contributed by atoms with Gasteiger partial charge in [0.25, 0.3) is 0 Å². The second-order valence-corrected chi connectivity index (χ2v) is 6.33. The maximum absolute atomic E-state index is 12.6. The maximum atomic E-state index is 12.6. The summed E-state index contributed by atoms with van der Waals surface area (Å²) in [5, 5.41) is 11.7. The van der Waals surface area contributed by atoms with E-state index in [0.29, 0.717) is 6.42 Å². The first-order valence-corrected chi connectivity index (χ1v) is 8.71. The lowest BCUT2D eigenvalue weighted by Gasteiger charge is -2.21. The van der Waals surface area contributed by atoms with Crippen molar-refractivity contribution in [3.05, 3.63) is 94.4 Å². The molecule has 27 heavy (non-hydrogen) atoms. The number of fused-ring (bicyclic) bond motifs is 1. The average molecular weight is 355 g/mol. The van der Waals surface area contributed by atoms with Crippen molar-refractivity contribution in [3.63, 3.8) is 0 Å². The summed E-state index contributed by atoms with van der Waals surface area (Å²) in [7, 11) is 0. The first kappa shape index (κ1) is 16.8. The highest BCUT2D eigenvalue weighted by molar-refractivity contribution is 6.12. The Morgan fingerprint density at radius 3 is 2.63 bits per heavy atom. The summed E-state index contributed by atoms with van der Waals surface area (Å²) >= 11 is 0. The smallest absolute Gasteiger partial charge is 0.249 e. The predicted molar refractivity (Wildman–Crippen MR) is 105 cm³/mol. The minimum atomic E-state index is -0.308. The molecular weight excluding hydrogens is 338 g/mol. The number of rotatable bonds is 4. The quantitative estimate of drug-likeness (QED) is 0.375. The molecule has 0 unspecified atom stereocenters. The molecule has 1 atom stereocenters. The summed E-state index contributed by atoms with van der Waals surface area (Å²) in [4.78, 5) is 15.3. The van der Waals surface area contributed by atoms with Crippen LogP contribution in [0.15, 0.2) is 83.0 Å². The normalized spacial score (nSPS) is 16.1. The van der Waals surface area contributed by atoms with Crippen LogP contribution in [0.3, 0.4) is 0 Å². The Morgan fingerprint density at radius 2 is 1.81 bits per heavy atom. The van der Waals surface area contributed by atoms with Gasteiger partial charge in [-0.05, 0) is 21.9 Å². The molecule has 0 aliphatic carbocycles. The van der Waals surface area contributed by atoms with E-state index in [2.05, 4.69) is 33.3 Å². The van der Waals surface area contributed by atoms with Crippen LogP contribution in [0, 0.1) is 0 Å². The van der Waals surface area contributed by atoms with Crippen LogP contribution < -0.4 is 0 Å². The number of hydrazone groups is 1. The third-order valence-electron chi connectivity index (χ3n) is 4.72. The SMILES string of the molecule is [N-]=[N+]=NCC(=O)N1N=C(c2cccc3ccccc23)C[C@H]1c1ccccc1. The largest absolute Gasteiger partial charge is 0.273 e. The summed E-state index contributed by atoms with van der Waals surface area (Å²) in [6.07, 6.45) is 0.611. The van der Waals surface area contributed by atoms with Gasteiger partial charge in [0.1, 0.15) is 6.54 Å². The van der Waals surface area contributed by atoms with E-state index in [9.17, 15) is 4.79 Å². The van der Waals surface area contributed by atoms with Gasteiger partial charge in [-0.1, -0.05) is 77.9 Å². The lowest BCUT2D eigenvalue weighted by molar-refractivity contribution is -0.131. The molecule has 0 fully saturated rings. The number of benzene rings is 3. The van der Waals surface area contributed by atoms with Gasteiger partial charge in [-0.2, -0.15) is 5.10 Å². The molecule has 0 radical (unpaired) electrons. The number of nitrogens with zero attached hydrogens (tertiary/aromatic N) is 5. The molecule has 6 nitrogen and oxygen atoms in total. The summed E-state index contributed by atoms with van der Waals surface area (Å²) in [5.41, 5.74) is 11.4. The van der Waals surface area contributed by atoms with Gasteiger partial charge < -0.3 is 0 Å². The van der Waals surface area contributed by atoms with E-state index in [1.807, 2.05) is 54.6 Å². The zero-order valence-corrected chi connectivity index (χ0v) is 14.6. The molecule has 0 spiro atoms. The molecule has 3 aromatic carbocycles. The van der Waals surface area contributed by atoms with Crippen molar-refractivity contribution >= 4 is 22.4 Å². The van der Waals surface area contributed by atoms with Crippen molar-refractivity contribution in [2.24, 2.45) is 10.2 Å². The van der Waals surface area contributed by atoms with Crippen LogP contribution in [-0.2, 0) is 4.79 Å². The van der Waals surface area contributed by atoms with Crippen LogP contribution >= 0.6 is 0 Å². The Balaban J connectivity index is 1.77. The maximum Gasteiger partial charge on any atom is 0.249 e. The summed E-state index contributed by atoms with van der Waals surface area (Å²) in [5.74, 6) is -0.308. The van der Waals surface area contributed by atoms with Crippen LogP contribution in [0.4, 0.5) is 0 Å². The Bertz CT molecular complexity index is 1060. The summed E-state index contributed by atoms with van der Waals surface area (Å²) in [6, 6.07) is 23.8. The van der Waals surface area contributed by atoms with E-state index in [1.54, 1.807) is 0 Å². The first-order chi connectivity index (χ1) is 13.3. The molecule has 0 saturated carbocycles. The topological polar surface area (TPSA) is 81.4 Å². The minimum absolute atomic E-state index is 0.207. The molecule has 1 aliphatic rings. The van der Waals surface area contributed by atoms with Gasteiger partial charge in [-0.3, -0.25) is 4.79 Å². The number of carbonyl (C=O) groups is 1. The van der Waals surface area contributed by atoms with E-state index >= 15 is 0 Å². The molecule has 3 aromatic rings. The van der Waals surface area contributed by atoms with Gasteiger partial charge in [0.15, 0.2) is 0 Å². The molecule has 4 rings (SSSR count). The van der Waals surface area contributed by atoms with Crippen molar-refractivity contribution in [1.29, 1.82) is 0 Å². The van der Waals surface area contributed by atoms with Crippen molar-refractivity contribution in [3.8, 4) is 0 Å².